The maximum absolute atomic E-state index is 12.1. The number of urea groups is 1. The summed E-state index contributed by atoms with van der Waals surface area (Å²) in [5.74, 6) is -2.58. The van der Waals surface area contributed by atoms with E-state index >= 15 is 0 Å². The molecule has 118 valence electrons. The van der Waals surface area contributed by atoms with Gasteiger partial charge in [-0.3, -0.25) is 9.69 Å². The van der Waals surface area contributed by atoms with Crippen molar-refractivity contribution in [3.05, 3.63) is 0 Å². The van der Waals surface area contributed by atoms with Crippen molar-refractivity contribution >= 4 is 18.0 Å². The van der Waals surface area contributed by atoms with E-state index in [1.807, 2.05) is 0 Å². The molecule has 0 saturated carbocycles. The molecule has 0 aromatic carbocycles. The third-order valence-electron chi connectivity index (χ3n) is 4.10. The molecule has 0 aliphatic carbocycles. The second kappa shape index (κ2) is 6.75. The van der Waals surface area contributed by atoms with Crippen molar-refractivity contribution in [2.24, 2.45) is 0 Å². The van der Waals surface area contributed by atoms with Crippen LogP contribution in [0.4, 0.5) is 4.79 Å². The van der Waals surface area contributed by atoms with Gasteiger partial charge in [0.1, 0.15) is 6.04 Å². The van der Waals surface area contributed by atoms with Crippen molar-refractivity contribution in [3.8, 4) is 0 Å². The Kier molecular flexibility index (Phi) is 5.00. The average molecular weight is 299 g/mol. The molecule has 2 heterocycles. The number of amides is 2. The van der Waals surface area contributed by atoms with E-state index in [-0.39, 0.29) is 0 Å². The molecule has 8 heteroatoms. The lowest BCUT2D eigenvalue weighted by Gasteiger charge is -2.44. The molecular weight excluding hydrogens is 278 g/mol. The largest absolute Gasteiger partial charge is 0.481 e. The summed E-state index contributed by atoms with van der Waals surface area (Å²) in [4.78, 5) is 37.7. The molecule has 0 aromatic heterocycles. The predicted octanol–water partition coefficient (Wildman–Crippen LogP) is -0.206. The lowest BCUT2D eigenvalue weighted by Crippen LogP contribution is -2.59. The van der Waals surface area contributed by atoms with Crippen LogP contribution in [0, 0.1) is 0 Å². The number of hydrogen-bond acceptors (Lipinski definition) is 4. The summed E-state index contributed by atoms with van der Waals surface area (Å²) < 4.78 is 0. The maximum atomic E-state index is 12.1. The smallest absolute Gasteiger partial charge is 0.326 e. The van der Waals surface area contributed by atoms with E-state index in [1.165, 1.54) is 6.42 Å². The van der Waals surface area contributed by atoms with Gasteiger partial charge in [0.05, 0.1) is 6.42 Å². The molecule has 2 fully saturated rings. The number of hydrogen-bond donors (Lipinski definition) is 3. The van der Waals surface area contributed by atoms with Crippen molar-refractivity contribution in [1.82, 2.24) is 15.1 Å². The van der Waals surface area contributed by atoms with Crippen LogP contribution >= 0.6 is 0 Å². The second-order valence-electron chi connectivity index (χ2n) is 5.57. The number of carbonyl (C=O) groups is 3. The van der Waals surface area contributed by atoms with Gasteiger partial charge in [0.15, 0.2) is 0 Å². The van der Waals surface area contributed by atoms with Gasteiger partial charge in [-0.15, -0.1) is 0 Å². The Bertz CT molecular complexity index is 428. The Morgan fingerprint density at radius 3 is 2.57 bits per heavy atom. The van der Waals surface area contributed by atoms with E-state index in [0.717, 1.165) is 25.9 Å². The minimum Gasteiger partial charge on any atom is -0.481 e. The van der Waals surface area contributed by atoms with Gasteiger partial charge < -0.3 is 20.4 Å². The van der Waals surface area contributed by atoms with Crippen molar-refractivity contribution < 1.29 is 24.6 Å². The summed E-state index contributed by atoms with van der Waals surface area (Å²) in [5, 5.41) is 19.9. The number of aliphatic carboxylic acids is 2. The first kappa shape index (κ1) is 15.6. The van der Waals surface area contributed by atoms with Gasteiger partial charge in [0.25, 0.3) is 0 Å². The van der Waals surface area contributed by atoms with Gasteiger partial charge in [-0.05, 0) is 19.4 Å². The number of carbonyl (C=O) groups excluding carboxylic acids is 1. The SMILES string of the molecule is O=C(O)C[C@@H](NC(=O)N1CCN2CCCCC2C1)C(=O)O. The van der Waals surface area contributed by atoms with E-state index in [0.29, 0.717) is 19.1 Å². The highest BCUT2D eigenvalue weighted by Gasteiger charge is 2.32. The summed E-state index contributed by atoms with van der Waals surface area (Å²) in [6, 6.07) is -1.55. The van der Waals surface area contributed by atoms with Crippen molar-refractivity contribution in [1.29, 1.82) is 0 Å². The monoisotopic (exact) mass is 299 g/mol. The molecule has 8 nitrogen and oxygen atoms in total. The molecule has 2 rings (SSSR count). The van der Waals surface area contributed by atoms with Gasteiger partial charge in [-0.25, -0.2) is 9.59 Å². The number of nitrogens with zero attached hydrogens (tertiary/aromatic N) is 2. The lowest BCUT2D eigenvalue weighted by molar-refractivity contribution is -0.145. The Morgan fingerprint density at radius 1 is 1.14 bits per heavy atom. The van der Waals surface area contributed by atoms with E-state index < -0.39 is 30.4 Å². The average Bonchev–Trinajstić information content (AvgIpc) is 2.45. The van der Waals surface area contributed by atoms with Crippen molar-refractivity contribution in [2.45, 2.75) is 37.8 Å². The predicted molar refractivity (Wildman–Crippen MR) is 73.0 cm³/mol. The topological polar surface area (TPSA) is 110 Å². The van der Waals surface area contributed by atoms with Gasteiger partial charge >= 0.3 is 18.0 Å². The van der Waals surface area contributed by atoms with E-state index in [9.17, 15) is 14.4 Å². The lowest BCUT2D eigenvalue weighted by atomic mass is 10.00. The summed E-state index contributed by atoms with van der Waals surface area (Å²) in [6.07, 6.45) is 2.75. The zero-order chi connectivity index (χ0) is 15.4. The molecule has 2 atom stereocenters. The van der Waals surface area contributed by atoms with Crippen LogP contribution in [0.15, 0.2) is 0 Å². The fraction of sp³-hybridized carbons (Fsp3) is 0.769. The molecule has 2 aliphatic rings. The Morgan fingerprint density at radius 2 is 1.90 bits per heavy atom. The number of carboxylic acids is 2. The molecular formula is C13H21N3O5. The quantitative estimate of drug-likeness (QED) is 0.663. The van der Waals surface area contributed by atoms with Crippen LogP contribution in [0.3, 0.4) is 0 Å². The summed E-state index contributed by atoms with van der Waals surface area (Å²) in [6.45, 7) is 2.96. The molecule has 0 spiro atoms. The number of rotatable bonds is 4. The van der Waals surface area contributed by atoms with Crippen LogP contribution in [0.1, 0.15) is 25.7 Å². The maximum Gasteiger partial charge on any atom is 0.326 e. The Labute approximate surface area is 122 Å². The Hall–Kier alpha value is -1.83. The molecule has 2 saturated heterocycles. The summed E-state index contributed by atoms with van der Waals surface area (Å²) >= 11 is 0. The van der Waals surface area contributed by atoms with E-state index in [1.54, 1.807) is 4.90 Å². The van der Waals surface area contributed by atoms with Gasteiger partial charge in [0, 0.05) is 25.7 Å². The molecule has 21 heavy (non-hydrogen) atoms. The fourth-order valence-corrected chi connectivity index (χ4v) is 2.96. The molecule has 0 bridgehead atoms. The summed E-state index contributed by atoms with van der Waals surface area (Å²) in [5.41, 5.74) is 0. The van der Waals surface area contributed by atoms with Crippen LogP contribution < -0.4 is 5.32 Å². The fourth-order valence-electron chi connectivity index (χ4n) is 2.96. The number of carboxylic acid groups (broad SMARTS) is 2. The van der Waals surface area contributed by atoms with Crippen molar-refractivity contribution in [3.63, 3.8) is 0 Å². The zero-order valence-electron chi connectivity index (χ0n) is 11.8. The number of fused-ring (bicyclic) bond motifs is 1. The van der Waals surface area contributed by atoms with Crippen molar-refractivity contribution in [2.75, 3.05) is 26.2 Å². The second-order valence-corrected chi connectivity index (χ2v) is 5.57. The van der Waals surface area contributed by atoms with Crippen LogP contribution in [0.25, 0.3) is 0 Å². The third kappa shape index (κ3) is 4.07. The number of piperazine rings is 1. The summed E-state index contributed by atoms with van der Waals surface area (Å²) in [7, 11) is 0. The first-order valence-electron chi connectivity index (χ1n) is 7.21. The van der Waals surface area contributed by atoms with Gasteiger partial charge in [-0.1, -0.05) is 6.42 Å². The highest BCUT2D eigenvalue weighted by Crippen LogP contribution is 2.21. The van der Waals surface area contributed by atoms with Crippen LogP contribution in [0.5, 0.6) is 0 Å². The van der Waals surface area contributed by atoms with Crippen LogP contribution in [-0.4, -0.2) is 76.2 Å². The van der Waals surface area contributed by atoms with Gasteiger partial charge in [-0.2, -0.15) is 0 Å². The molecule has 0 aromatic rings. The zero-order valence-corrected chi connectivity index (χ0v) is 11.8. The first-order chi connectivity index (χ1) is 9.97. The molecule has 3 N–H and O–H groups in total. The number of nitrogens with one attached hydrogen (secondary N) is 1. The Balaban J connectivity index is 1.90. The van der Waals surface area contributed by atoms with Crippen LogP contribution in [0.2, 0.25) is 0 Å². The van der Waals surface area contributed by atoms with E-state index in [2.05, 4.69) is 10.2 Å². The highest BCUT2D eigenvalue weighted by atomic mass is 16.4. The molecule has 2 aliphatic heterocycles. The number of piperidine rings is 1. The normalized spacial score (nSPS) is 24.0. The third-order valence-corrected chi connectivity index (χ3v) is 4.10. The minimum absolute atomic E-state index is 0.334. The first-order valence-corrected chi connectivity index (χ1v) is 7.21. The van der Waals surface area contributed by atoms with Crippen LogP contribution in [-0.2, 0) is 9.59 Å². The van der Waals surface area contributed by atoms with Gasteiger partial charge in [0.2, 0.25) is 0 Å². The molecule has 2 amide bonds. The van der Waals surface area contributed by atoms with E-state index in [4.69, 9.17) is 10.2 Å². The molecule has 1 unspecified atom stereocenters. The molecule has 0 radical (unpaired) electrons. The minimum atomic E-state index is -1.39. The highest BCUT2D eigenvalue weighted by molar-refractivity contribution is 5.86. The standard InChI is InChI=1S/C13H21N3O5/c17-11(18)7-10(12(19)20)14-13(21)16-6-5-15-4-2-1-3-9(15)8-16/h9-10H,1-8H2,(H,14,21)(H,17,18)(H,19,20)/t9?,10-/m1/s1.